The molecule has 9 heteroatoms. The van der Waals surface area contributed by atoms with E-state index in [0.29, 0.717) is 39.4 Å². The van der Waals surface area contributed by atoms with Gasteiger partial charge in [0.1, 0.15) is 0 Å². The van der Waals surface area contributed by atoms with Gasteiger partial charge < -0.3 is 9.15 Å². The number of ether oxygens (including phenoxy) is 1. The maximum atomic E-state index is 13.3. The van der Waals surface area contributed by atoms with Gasteiger partial charge in [0.25, 0.3) is 5.56 Å². The molecule has 164 valence electrons. The average Bonchev–Trinajstić information content (AvgIpc) is 3.49. The van der Waals surface area contributed by atoms with Crippen molar-refractivity contribution in [2.24, 2.45) is 0 Å². The van der Waals surface area contributed by atoms with Gasteiger partial charge in [-0.15, -0.1) is 10.2 Å². The Labute approximate surface area is 193 Å². The van der Waals surface area contributed by atoms with Crippen molar-refractivity contribution in [1.29, 1.82) is 0 Å². The van der Waals surface area contributed by atoms with Crippen molar-refractivity contribution in [1.82, 2.24) is 19.7 Å². The zero-order valence-electron chi connectivity index (χ0n) is 17.4. The summed E-state index contributed by atoms with van der Waals surface area (Å²) < 4.78 is 13.4. The number of hydrogen-bond acceptors (Lipinski definition) is 7. The molecule has 3 heterocycles. The summed E-state index contributed by atoms with van der Waals surface area (Å²) in [5.41, 5.74) is 1.32. The van der Waals surface area contributed by atoms with E-state index in [1.54, 1.807) is 22.8 Å². The number of aromatic nitrogens is 4. The molecule has 0 N–H and O–H groups in total. The molecule has 2 aromatic heterocycles. The highest BCUT2D eigenvalue weighted by Crippen LogP contribution is 2.35. The minimum Gasteiger partial charge on any atom is -0.419 e. The van der Waals surface area contributed by atoms with E-state index in [9.17, 15) is 4.79 Å². The molecule has 2 atom stereocenters. The molecular formula is C23H21ClN4O3S. The lowest BCUT2D eigenvalue weighted by Crippen LogP contribution is -2.29. The third-order valence-electron chi connectivity index (χ3n) is 5.38. The zero-order valence-corrected chi connectivity index (χ0v) is 19.0. The van der Waals surface area contributed by atoms with Gasteiger partial charge in [0.05, 0.1) is 28.8 Å². The molecule has 0 radical (unpaired) electrons. The highest BCUT2D eigenvalue weighted by molar-refractivity contribution is 7.99. The number of nitrogens with zero attached hydrogens (tertiary/aromatic N) is 4. The minimum atomic E-state index is -0.209. The molecule has 5 rings (SSSR count). The molecule has 1 saturated heterocycles. The highest BCUT2D eigenvalue weighted by atomic mass is 35.5. The maximum Gasteiger partial charge on any atom is 0.262 e. The van der Waals surface area contributed by atoms with Crippen LogP contribution in [0.15, 0.2) is 62.9 Å². The van der Waals surface area contributed by atoms with Gasteiger partial charge in [-0.05, 0) is 50.1 Å². The SMILES string of the molecule is C[C@@H](Sc1nc2cc(Cl)ccc2c(=O)n1C[C@@H]1CCCO1)c1nnc(-c2ccccc2)o1. The molecule has 7 nitrogen and oxygen atoms in total. The van der Waals surface area contributed by atoms with E-state index in [0.717, 1.165) is 25.0 Å². The molecule has 0 aliphatic carbocycles. The first kappa shape index (κ1) is 21.2. The summed E-state index contributed by atoms with van der Waals surface area (Å²) in [4.78, 5) is 18.1. The number of benzene rings is 2. The van der Waals surface area contributed by atoms with Crippen LogP contribution in [0.2, 0.25) is 5.02 Å². The van der Waals surface area contributed by atoms with Crippen LogP contribution in [0.25, 0.3) is 22.4 Å². The molecule has 1 aliphatic heterocycles. The summed E-state index contributed by atoms with van der Waals surface area (Å²) in [5, 5.41) is 9.84. The Bertz CT molecular complexity index is 1300. The van der Waals surface area contributed by atoms with Crippen LogP contribution in [0.4, 0.5) is 0 Å². The van der Waals surface area contributed by atoms with Crippen LogP contribution in [-0.4, -0.2) is 32.5 Å². The molecule has 1 fully saturated rings. The number of halogens is 1. The zero-order chi connectivity index (χ0) is 22.1. The standard InChI is InChI=1S/C23H21ClN4O3S/c1-14(20-26-27-21(31-20)15-6-3-2-4-7-15)32-23-25-19-12-16(24)9-10-18(19)22(29)28(23)13-17-8-5-11-30-17/h2-4,6-7,9-10,12,14,17H,5,8,11,13H2,1H3/t14-,17+/m1/s1. The maximum absolute atomic E-state index is 13.3. The van der Waals surface area contributed by atoms with Crippen molar-refractivity contribution < 1.29 is 9.15 Å². The highest BCUT2D eigenvalue weighted by Gasteiger charge is 2.23. The molecule has 0 spiro atoms. The second-order valence-electron chi connectivity index (χ2n) is 7.68. The molecule has 1 aliphatic rings. The largest absolute Gasteiger partial charge is 0.419 e. The lowest BCUT2D eigenvalue weighted by molar-refractivity contribution is 0.0937. The molecule has 4 aromatic rings. The van der Waals surface area contributed by atoms with Crippen molar-refractivity contribution in [3.63, 3.8) is 0 Å². The molecule has 0 amide bonds. The van der Waals surface area contributed by atoms with Crippen LogP contribution in [0, 0.1) is 0 Å². The van der Waals surface area contributed by atoms with Crippen LogP contribution in [0.1, 0.15) is 30.9 Å². The lowest BCUT2D eigenvalue weighted by atomic mass is 10.2. The van der Waals surface area contributed by atoms with Crippen molar-refractivity contribution in [2.45, 2.75) is 42.8 Å². The van der Waals surface area contributed by atoms with E-state index >= 15 is 0 Å². The summed E-state index contributed by atoms with van der Waals surface area (Å²) in [6.45, 7) is 3.13. The van der Waals surface area contributed by atoms with Crippen LogP contribution >= 0.6 is 23.4 Å². The molecular weight excluding hydrogens is 448 g/mol. The van der Waals surface area contributed by atoms with Crippen molar-refractivity contribution in [3.05, 3.63) is 69.8 Å². The van der Waals surface area contributed by atoms with E-state index in [1.807, 2.05) is 37.3 Å². The summed E-state index contributed by atoms with van der Waals surface area (Å²) in [6, 6.07) is 14.8. The molecule has 2 aromatic carbocycles. The summed E-state index contributed by atoms with van der Waals surface area (Å²) in [5.74, 6) is 0.931. The lowest BCUT2D eigenvalue weighted by Gasteiger charge is -2.17. The van der Waals surface area contributed by atoms with Crippen LogP contribution in [0.5, 0.6) is 0 Å². The van der Waals surface area contributed by atoms with Crippen molar-refractivity contribution in [2.75, 3.05) is 6.61 Å². The first-order valence-electron chi connectivity index (χ1n) is 10.5. The second kappa shape index (κ2) is 9.05. The van der Waals surface area contributed by atoms with Crippen LogP contribution in [0.3, 0.4) is 0 Å². The minimum absolute atomic E-state index is 0.00185. The van der Waals surface area contributed by atoms with Gasteiger partial charge in [-0.2, -0.15) is 0 Å². The molecule has 0 bridgehead atoms. The Morgan fingerprint density at radius 3 is 2.84 bits per heavy atom. The number of thioether (sulfide) groups is 1. The summed E-state index contributed by atoms with van der Waals surface area (Å²) in [7, 11) is 0. The van der Waals surface area contributed by atoms with E-state index in [2.05, 4.69) is 10.2 Å². The number of rotatable bonds is 6. The fourth-order valence-corrected chi connectivity index (χ4v) is 4.84. The summed E-state index contributed by atoms with van der Waals surface area (Å²) in [6.07, 6.45) is 1.93. The normalized spacial score (nSPS) is 17.1. The Morgan fingerprint density at radius 1 is 1.22 bits per heavy atom. The van der Waals surface area contributed by atoms with Gasteiger partial charge >= 0.3 is 0 Å². The quantitative estimate of drug-likeness (QED) is 0.286. The van der Waals surface area contributed by atoms with Gasteiger partial charge in [-0.25, -0.2) is 4.98 Å². The van der Waals surface area contributed by atoms with Crippen LogP contribution < -0.4 is 5.56 Å². The van der Waals surface area contributed by atoms with Gasteiger partial charge in [0.15, 0.2) is 5.16 Å². The van der Waals surface area contributed by atoms with E-state index < -0.39 is 0 Å². The van der Waals surface area contributed by atoms with E-state index in [1.165, 1.54) is 11.8 Å². The number of fused-ring (bicyclic) bond motifs is 1. The number of hydrogen-bond donors (Lipinski definition) is 0. The predicted molar refractivity (Wildman–Crippen MR) is 124 cm³/mol. The van der Waals surface area contributed by atoms with Crippen molar-refractivity contribution in [3.8, 4) is 11.5 Å². The van der Waals surface area contributed by atoms with Gasteiger partial charge in [0.2, 0.25) is 11.8 Å². The van der Waals surface area contributed by atoms with E-state index in [4.69, 9.17) is 25.7 Å². The fraction of sp³-hybridized carbons (Fsp3) is 0.304. The van der Waals surface area contributed by atoms with Gasteiger partial charge in [-0.3, -0.25) is 9.36 Å². The Morgan fingerprint density at radius 2 is 2.06 bits per heavy atom. The molecule has 0 saturated carbocycles. The Kier molecular flexibility index (Phi) is 5.99. The predicted octanol–water partition coefficient (Wildman–Crippen LogP) is 5.13. The Balaban J connectivity index is 1.49. The average molecular weight is 469 g/mol. The van der Waals surface area contributed by atoms with Crippen LogP contribution in [-0.2, 0) is 11.3 Å². The molecule has 32 heavy (non-hydrogen) atoms. The van der Waals surface area contributed by atoms with Gasteiger partial charge in [-0.1, -0.05) is 41.6 Å². The first-order valence-corrected chi connectivity index (χ1v) is 11.7. The fourth-order valence-electron chi connectivity index (χ4n) is 3.72. The smallest absolute Gasteiger partial charge is 0.262 e. The Hall–Kier alpha value is -2.68. The first-order chi connectivity index (χ1) is 15.6. The van der Waals surface area contributed by atoms with E-state index in [-0.39, 0.29) is 16.9 Å². The monoisotopic (exact) mass is 468 g/mol. The topological polar surface area (TPSA) is 83.0 Å². The molecule has 0 unspecified atom stereocenters. The third kappa shape index (κ3) is 4.30. The summed E-state index contributed by atoms with van der Waals surface area (Å²) >= 11 is 7.56. The third-order valence-corrected chi connectivity index (χ3v) is 6.70. The van der Waals surface area contributed by atoms with Crippen molar-refractivity contribution >= 4 is 34.3 Å². The second-order valence-corrected chi connectivity index (χ2v) is 9.42. The van der Waals surface area contributed by atoms with Gasteiger partial charge in [0, 0.05) is 17.2 Å².